The number of benzene rings is 2. The molecule has 1 atom stereocenters. The van der Waals surface area contributed by atoms with Gasteiger partial charge in [0.05, 0.1) is 12.2 Å². The summed E-state index contributed by atoms with van der Waals surface area (Å²) in [5.41, 5.74) is 2.03. The van der Waals surface area contributed by atoms with Crippen molar-refractivity contribution < 1.29 is 13.5 Å². The Hall–Kier alpha value is -2.00. The van der Waals surface area contributed by atoms with Gasteiger partial charge >= 0.3 is 0 Å². The van der Waals surface area contributed by atoms with Crippen molar-refractivity contribution in [2.75, 3.05) is 6.61 Å². The second kappa shape index (κ2) is 9.97. The maximum atomic E-state index is 14.3. The molecule has 0 amide bonds. The van der Waals surface area contributed by atoms with E-state index in [0.29, 0.717) is 5.92 Å². The molecule has 1 fully saturated rings. The van der Waals surface area contributed by atoms with E-state index < -0.39 is 17.7 Å². The van der Waals surface area contributed by atoms with Gasteiger partial charge in [0.25, 0.3) is 0 Å². The van der Waals surface area contributed by atoms with Gasteiger partial charge in [-0.25, -0.2) is 8.78 Å². The molecule has 0 spiro atoms. The quantitative estimate of drug-likeness (QED) is 0.433. The summed E-state index contributed by atoms with van der Waals surface area (Å²) in [6.07, 6.45) is 8.45. The minimum absolute atomic E-state index is 0.0443. The SMILES string of the molecule is C=CCOC(c1ccc([C@H]2CC[C@H](CCC)CC2)cc1)c1c(F)cccc1F. The highest BCUT2D eigenvalue weighted by atomic mass is 19.1. The molecule has 2 aromatic carbocycles. The van der Waals surface area contributed by atoms with Crippen LogP contribution in [0.5, 0.6) is 0 Å². The fraction of sp³-hybridized carbons (Fsp3) is 0.440. The fourth-order valence-corrected chi connectivity index (χ4v) is 4.41. The van der Waals surface area contributed by atoms with Gasteiger partial charge in [0.1, 0.15) is 17.7 Å². The van der Waals surface area contributed by atoms with E-state index in [2.05, 4.69) is 25.6 Å². The zero-order valence-corrected chi connectivity index (χ0v) is 16.7. The third kappa shape index (κ3) is 4.88. The van der Waals surface area contributed by atoms with Crippen molar-refractivity contribution in [1.82, 2.24) is 0 Å². The third-order valence-corrected chi connectivity index (χ3v) is 5.90. The molecule has 150 valence electrons. The lowest BCUT2D eigenvalue weighted by Crippen LogP contribution is -2.14. The van der Waals surface area contributed by atoms with Crippen LogP contribution in [0, 0.1) is 17.6 Å². The lowest BCUT2D eigenvalue weighted by Gasteiger charge is -2.29. The minimum Gasteiger partial charge on any atom is -0.365 e. The van der Waals surface area contributed by atoms with E-state index >= 15 is 0 Å². The van der Waals surface area contributed by atoms with Gasteiger partial charge in [-0.15, -0.1) is 6.58 Å². The van der Waals surface area contributed by atoms with Gasteiger partial charge in [-0.3, -0.25) is 0 Å². The summed E-state index contributed by atoms with van der Waals surface area (Å²) in [5, 5.41) is 0. The Morgan fingerprint density at radius 2 is 1.68 bits per heavy atom. The van der Waals surface area contributed by atoms with Crippen molar-refractivity contribution >= 4 is 0 Å². The molecule has 28 heavy (non-hydrogen) atoms. The molecule has 0 saturated heterocycles. The first kappa shape index (κ1) is 20.7. The molecule has 0 heterocycles. The fourth-order valence-electron chi connectivity index (χ4n) is 4.41. The molecule has 2 aromatic rings. The maximum Gasteiger partial charge on any atom is 0.132 e. The largest absolute Gasteiger partial charge is 0.365 e. The van der Waals surface area contributed by atoms with Crippen molar-refractivity contribution in [3.05, 3.63) is 83.4 Å². The van der Waals surface area contributed by atoms with E-state index in [9.17, 15) is 8.78 Å². The summed E-state index contributed by atoms with van der Waals surface area (Å²) in [5.74, 6) is 0.279. The average molecular weight is 385 g/mol. The Labute approximate surface area is 167 Å². The zero-order chi connectivity index (χ0) is 19.9. The minimum atomic E-state index is -0.784. The highest BCUT2D eigenvalue weighted by molar-refractivity contribution is 5.35. The first-order valence-electron chi connectivity index (χ1n) is 10.4. The van der Waals surface area contributed by atoms with E-state index in [-0.39, 0.29) is 12.2 Å². The summed E-state index contributed by atoms with van der Waals surface area (Å²) in [4.78, 5) is 0. The van der Waals surface area contributed by atoms with Gasteiger partial charge in [-0.2, -0.15) is 0 Å². The summed E-state index contributed by atoms with van der Waals surface area (Å²) < 4.78 is 34.4. The van der Waals surface area contributed by atoms with Crippen LogP contribution in [0.3, 0.4) is 0 Å². The molecular formula is C25H30F2O. The van der Waals surface area contributed by atoms with Crippen molar-refractivity contribution in [2.24, 2.45) is 5.92 Å². The van der Waals surface area contributed by atoms with Crippen LogP contribution >= 0.6 is 0 Å². The van der Waals surface area contributed by atoms with Crippen LogP contribution < -0.4 is 0 Å². The van der Waals surface area contributed by atoms with E-state index in [4.69, 9.17) is 4.74 Å². The predicted molar refractivity (Wildman–Crippen MR) is 110 cm³/mol. The molecule has 1 aliphatic carbocycles. The topological polar surface area (TPSA) is 9.23 Å². The molecule has 0 aliphatic heterocycles. The van der Waals surface area contributed by atoms with Gasteiger partial charge in [0, 0.05) is 0 Å². The molecule has 3 heteroatoms. The van der Waals surface area contributed by atoms with E-state index in [1.54, 1.807) is 6.08 Å². The van der Waals surface area contributed by atoms with Gasteiger partial charge in [-0.05, 0) is 60.8 Å². The van der Waals surface area contributed by atoms with Gasteiger partial charge in [0.2, 0.25) is 0 Å². The van der Waals surface area contributed by atoms with Gasteiger partial charge in [-0.1, -0.05) is 56.2 Å². The lowest BCUT2D eigenvalue weighted by atomic mass is 9.77. The van der Waals surface area contributed by atoms with Crippen LogP contribution in [0.15, 0.2) is 55.1 Å². The van der Waals surface area contributed by atoms with Crippen LogP contribution in [0.2, 0.25) is 0 Å². The van der Waals surface area contributed by atoms with Crippen LogP contribution in [0.1, 0.15) is 74.2 Å². The number of hydrogen-bond donors (Lipinski definition) is 0. The Kier molecular flexibility index (Phi) is 7.38. The van der Waals surface area contributed by atoms with Gasteiger partial charge in [0.15, 0.2) is 0 Å². The Bertz CT molecular complexity index is 740. The second-order valence-corrected chi connectivity index (χ2v) is 7.81. The molecule has 0 bridgehead atoms. The predicted octanol–water partition coefficient (Wildman–Crippen LogP) is 7.33. The standard InChI is InChI=1S/C25H30F2O/c1-3-6-18-9-11-19(12-10-18)20-13-15-21(16-14-20)25(28-17-4-2)24-22(26)7-5-8-23(24)27/h4-5,7-8,13-16,18-19,25H,2-3,6,9-12,17H2,1H3/t18-,19-,25?. The number of ether oxygens (including phenoxy) is 1. The Balaban J connectivity index is 1.78. The van der Waals surface area contributed by atoms with Crippen LogP contribution in [-0.4, -0.2) is 6.61 Å². The normalized spacial score (nSPS) is 20.7. The molecule has 1 nitrogen and oxygen atoms in total. The number of rotatable bonds is 8. The maximum absolute atomic E-state index is 14.3. The number of halogens is 2. The van der Waals surface area contributed by atoms with Crippen molar-refractivity contribution in [3.63, 3.8) is 0 Å². The third-order valence-electron chi connectivity index (χ3n) is 5.90. The summed E-state index contributed by atoms with van der Waals surface area (Å²) >= 11 is 0. The molecule has 1 unspecified atom stereocenters. The van der Waals surface area contributed by atoms with E-state index in [0.717, 1.165) is 11.5 Å². The molecule has 0 radical (unpaired) electrons. The van der Waals surface area contributed by atoms with Crippen molar-refractivity contribution in [3.8, 4) is 0 Å². The molecule has 0 N–H and O–H groups in total. The Morgan fingerprint density at radius 1 is 1.04 bits per heavy atom. The van der Waals surface area contributed by atoms with Crippen LogP contribution in [0.4, 0.5) is 8.78 Å². The van der Waals surface area contributed by atoms with E-state index in [1.165, 1.54) is 62.3 Å². The molecule has 1 aliphatic rings. The first-order valence-corrected chi connectivity index (χ1v) is 10.4. The van der Waals surface area contributed by atoms with Gasteiger partial charge < -0.3 is 4.74 Å². The molecule has 0 aromatic heterocycles. The monoisotopic (exact) mass is 384 g/mol. The molecule has 1 saturated carbocycles. The Morgan fingerprint density at radius 3 is 2.25 bits per heavy atom. The smallest absolute Gasteiger partial charge is 0.132 e. The average Bonchev–Trinajstić information content (AvgIpc) is 2.71. The first-order chi connectivity index (χ1) is 13.6. The highest BCUT2D eigenvalue weighted by Crippen LogP contribution is 2.38. The molecule has 3 rings (SSSR count). The molecular weight excluding hydrogens is 354 g/mol. The van der Waals surface area contributed by atoms with Crippen LogP contribution in [-0.2, 0) is 4.74 Å². The number of hydrogen-bond acceptors (Lipinski definition) is 1. The summed E-state index contributed by atoms with van der Waals surface area (Å²) in [6.45, 7) is 6.13. The summed E-state index contributed by atoms with van der Waals surface area (Å²) in [7, 11) is 0. The highest BCUT2D eigenvalue weighted by Gasteiger charge is 2.24. The van der Waals surface area contributed by atoms with E-state index in [1.807, 2.05) is 12.1 Å². The zero-order valence-electron chi connectivity index (χ0n) is 16.7. The second-order valence-electron chi connectivity index (χ2n) is 7.81. The summed E-state index contributed by atoms with van der Waals surface area (Å²) in [6, 6.07) is 12.0. The van der Waals surface area contributed by atoms with Crippen molar-refractivity contribution in [1.29, 1.82) is 0 Å². The van der Waals surface area contributed by atoms with Crippen LogP contribution in [0.25, 0.3) is 0 Å². The lowest BCUT2D eigenvalue weighted by molar-refractivity contribution is 0.0984. The van der Waals surface area contributed by atoms with Crippen molar-refractivity contribution in [2.45, 2.75) is 57.5 Å².